The molecule has 3 fully saturated rings. The van der Waals surface area contributed by atoms with Crippen LogP contribution in [0.5, 0.6) is 0 Å². The zero-order valence-corrected chi connectivity index (χ0v) is 25.8. The van der Waals surface area contributed by atoms with Crippen LogP contribution in [-0.2, 0) is 19.4 Å². The first-order valence-electron chi connectivity index (χ1n) is 14.4. The average Bonchev–Trinajstić information content (AvgIpc) is 3.50. The van der Waals surface area contributed by atoms with Gasteiger partial charge in [0.25, 0.3) is 5.91 Å². The molecular formula is C30H34ClF2N3O7S. The van der Waals surface area contributed by atoms with E-state index in [1.165, 1.54) is 30.2 Å². The number of amides is 3. The Hall–Kier alpha value is -3.29. The van der Waals surface area contributed by atoms with Crippen molar-refractivity contribution in [1.29, 1.82) is 0 Å². The number of nitrogens with zero attached hydrogens (tertiary/aromatic N) is 1. The summed E-state index contributed by atoms with van der Waals surface area (Å²) < 4.78 is 59.5. The third-order valence-electron chi connectivity index (χ3n) is 9.38. The van der Waals surface area contributed by atoms with Crippen LogP contribution in [0.3, 0.4) is 0 Å². The molecule has 3 amide bonds. The number of anilines is 1. The number of ether oxygens (including phenoxy) is 1. The normalized spacial score (nSPS) is 28.0. The highest BCUT2D eigenvalue weighted by Crippen LogP contribution is 2.54. The van der Waals surface area contributed by atoms with Crippen LogP contribution < -0.4 is 10.6 Å². The van der Waals surface area contributed by atoms with Crippen LogP contribution in [0.2, 0.25) is 5.02 Å². The standard InChI is InChI=1S/C30H34ClF2N3O7S/c1-16-10-18-12-20(14-21(16)30(18,40)15-34-28(38)25-4-3-9-36(25)29(39)43-2)44(41,42)26-11-17(5-7-22(26)31)27(37)35-19-6-8-23(32)24(33)13-19/h5-8,11,13,16,18,20-21,25,40H,3-4,9-10,12,14-15H2,1-2H3,(H,34,38)(H,35,37)/t16-,18?,20?,21?,25-,30+/m0/s1. The largest absolute Gasteiger partial charge is 0.453 e. The van der Waals surface area contributed by atoms with E-state index < -0.39 is 68.1 Å². The van der Waals surface area contributed by atoms with Gasteiger partial charge in [-0.3, -0.25) is 14.5 Å². The number of halogens is 3. The van der Waals surface area contributed by atoms with Crippen molar-refractivity contribution in [2.75, 3.05) is 25.5 Å². The minimum Gasteiger partial charge on any atom is -0.453 e. The van der Waals surface area contributed by atoms with Gasteiger partial charge in [-0.2, -0.15) is 0 Å². The summed E-state index contributed by atoms with van der Waals surface area (Å²) >= 11 is 6.33. The minimum atomic E-state index is -4.08. The number of nitrogens with one attached hydrogen (secondary N) is 2. The maximum absolute atomic E-state index is 13.9. The Kier molecular flexibility index (Phi) is 8.94. The Balaban J connectivity index is 1.31. The Morgan fingerprint density at radius 3 is 2.55 bits per heavy atom. The lowest BCUT2D eigenvalue weighted by atomic mass is 9.73. The maximum Gasteiger partial charge on any atom is 0.410 e. The van der Waals surface area contributed by atoms with Crippen LogP contribution in [0.4, 0.5) is 19.3 Å². The number of methoxy groups -OCH3 is 1. The Bertz CT molecular complexity index is 1590. The van der Waals surface area contributed by atoms with Crippen LogP contribution in [0.1, 0.15) is 49.4 Å². The zero-order valence-electron chi connectivity index (χ0n) is 24.2. The minimum absolute atomic E-state index is 0.0107. The monoisotopic (exact) mass is 653 g/mol. The summed E-state index contributed by atoms with van der Waals surface area (Å²) in [5.74, 6) is -4.26. The molecule has 3 unspecified atom stereocenters. The van der Waals surface area contributed by atoms with E-state index in [1.807, 2.05) is 6.92 Å². The predicted molar refractivity (Wildman–Crippen MR) is 157 cm³/mol. The Morgan fingerprint density at radius 1 is 1.11 bits per heavy atom. The fraction of sp³-hybridized carbons (Fsp3) is 0.500. The number of hydrogen-bond acceptors (Lipinski definition) is 7. The molecule has 1 heterocycles. The summed E-state index contributed by atoms with van der Waals surface area (Å²) in [5.41, 5.74) is -1.40. The first-order chi connectivity index (χ1) is 20.8. The molecule has 238 valence electrons. The number of likely N-dealkylation sites (tertiary alicyclic amines) is 1. The molecule has 0 radical (unpaired) electrons. The molecule has 2 aliphatic carbocycles. The summed E-state index contributed by atoms with van der Waals surface area (Å²) in [6, 6.07) is 5.93. The highest BCUT2D eigenvalue weighted by Gasteiger charge is 2.58. The fourth-order valence-electron chi connectivity index (χ4n) is 7.12. The van der Waals surface area contributed by atoms with Crippen molar-refractivity contribution in [3.63, 3.8) is 0 Å². The van der Waals surface area contributed by atoms with E-state index in [9.17, 15) is 36.7 Å². The SMILES string of the molecule is COC(=O)N1CCC[C@H]1C(=O)NC[C@@]1(O)C2CC(S(=O)(=O)c3cc(C(=O)Nc4ccc(F)c(F)c4)ccc3Cl)CC1[C@@H](C)C2. The predicted octanol–water partition coefficient (Wildman–Crippen LogP) is 4.16. The van der Waals surface area contributed by atoms with Crippen molar-refractivity contribution in [2.45, 2.75) is 60.8 Å². The number of rotatable bonds is 7. The second kappa shape index (κ2) is 12.2. The van der Waals surface area contributed by atoms with E-state index in [0.29, 0.717) is 25.8 Å². The van der Waals surface area contributed by atoms with Crippen molar-refractivity contribution in [3.05, 3.63) is 58.6 Å². The Morgan fingerprint density at radius 2 is 1.86 bits per heavy atom. The number of sulfone groups is 1. The van der Waals surface area contributed by atoms with E-state index >= 15 is 0 Å². The summed E-state index contributed by atoms with van der Waals surface area (Å²) in [6.45, 7) is 2.26. The lowest BCUT2D eigenvalue weighted by Crippen LogP contribution is -2.57. The van der Waals surface area contributed by atoms with Crippen LogP contribution in [0.25, 0.3) is 0 Å². The average molecular weight is 654 g/mol. The molecule has 3 aliphatic rings. The van der Waals surface area contributed by atoms with Gasteiger partial charge in [-0.15, -0.1) is 0 Å². The lowest BCUT2D eigenvalue weighted by molar-refractivity contribution is -0.128. The maximum atomic E-state index is 13.9. The molecule has 5 rings (SSSR count). The molecule has 3 N–H and O–H groups in total. The van der Waals surface area contributed by atoms with Crippen LogP contribution in [0.15, 0.2) is 41.3 Å². The molecule has 14 heteroatoms. The van der Waals surface area contributed by atoms with Crippen molar-refractivity contribution >= 4 is 45.0 Å². The van der Waals surface area contributed by atoms with Crippen LogP contribution >= 0.6 is 11.6 Å². The summed E-state index contributed by atoms with van der Waals surface area (Å²) in [7, 11) is -2.83. The molecule has 0 spiro atoms. The van der Waals surface area contributed by atoms with Gasteiger partial charge < -0.3 is 20.5 Å². The summed E-state index contributed by atoms with van der Waals surface area (Å²) in [4.78, 5) is 39.0. The molecule has 44 heavy (non-hydrogen) atoms. The molecule has 1 aliphatic heterocycles. The van der Waals surface area contributed by atoms with Gasteiger partial charge >= 0.3 is 6.09 Å². The van der Waals surface area contributed by atoms with Crippen molar-refractivity contribution in [2.24, 2.45) is 17.8 Å². The van der Waals surface area contributed by atoms with Crippen molar-refractivity contribution in [1.82, 2.24) is 10.2 Å². The molecule has 2 saturated carbocycles. The van der Waals surface area contributed by atoms with E-state index in [2.05, 4.69) is 10.6 Å². The number of carbonyl (C=O) groups is 3. The number of fused-ring (bicyclic) bond motifs is 2. The first-order valence-corrected chi connectivity index (χ1v) is 16.3. The second-order valence-corrected chi connectivity index (χ2v) is 14.5. The number of hydrogen-bond donors (Lipinski definition) is 3. The van der Waals surface area contributed by atoms with Gasteiger partial charge in [0.1, 0.15) is 6.04 Å². The highest BCUT2D eigenvalue weighted by atomic mass is 35.5. The smallest absolute Gasteiger partial charge is 0.410 e. The van der Waals surface area contributed by atoms with Crippen LogP contribution in [-0.4, -0.2) is 73.4 Å². The van der Waals surface area contributed by atoms with Crippen molar-refractivity contribution in [3.8, 4) is 0 Å². The van der Waals surface area contributed by atoms with E-state index in [4.69, 9.17) is 16.3 Å². The molecule has 2 aromatic rings. The summed E-state index contributed by atoms with van der Waals surface area (Å²) in [5, 5.41) is 16.1. The lowest BCUT2D eigenvalue weighted by Gasteiger charge is -2.43. The van der Waals surface area contributed by atoms with Gasteiger partial charge in [0.15, 0.2) is 21.5 Å². The molecule has 0 aromatic heterocycles. The van der Waals surface area contributed by atoms with E-state index in [1.54, 1.807) is 0 Å². The van der Waals surface area contributed by atoms with Gasteiger partial charge in [-0.1, -0.05) is 18.5 Å². The molecule has 10 nitrogen and oxygen atoms in total. The molecule has 1 saturated heterocycles. The quantitative estimate of drug-likeness (QED) is 0.408. The number of aliphatic hydroxyl groups is 1. The first kappa shape index (κ1) is 32.1. The molecule has 2 bridgehead atoms. The van der Waals surface area contributed by atoms with Gasteiger partial charge in [0, 0.05) is 30.4 Å². The molecular weight excluding hydrogens is 620 g/mol. The fourth-order valence-corrected chi connectivity index (χ4v) is 9.49. The second-order valence-electron chi connectivity index (χ2n) is 11.9. The van der Waals surface area contributed by atoms with Gasteiger partial charge in [-0.05, 0) is 80.2 Å². The third kappa shape index (κ3) is 5.89. The number of benzene rings is 2. The van der Waals surface area contributed by atoms with Crippen LogP contribution in [0, 0.1) is 29.4 Å². The number of carbonyl (C=O) groups excluding carboxylic acids is 3. The molecule has 2 aromatic carbocycles. The Labute approximate surface area is 259 Å². The zero-order chi connectivity index (χ0) is 32.0. The third-order valence-corrected chi connectivity index (χ3v) is 12.0. The summed E-state index contributed by atoms with van der Waals surface area (Å²) in [6.07, 6.45) is 1.33. The van der Waals surface area contributed by atoms with Gasteiger partial charge in [-0.25, -0.2) is 22.0 Å². The van der Waals surface area contributed by atoms with E-state index in [-0.39, 0.29) is 46.5 Å². The van der Waals surface area contributed by atoms with Gasteiger partial charge in [0.2, 0.25) is 5.91 Å². The van der Waals surface area contributed by atoms with Crippen molar-refractivity contribution < 1.29 is 41.4 Å². The van der Waals surface area contributed by atoms with Gasteiger partial charge in [0.05, 0.1) is 27.9 Å². The van der Waals surface area contributed by atoms with E-state index in [0.717, 1.165) is 18.2 Å². The highest BCUT2D eigenvalue weighted by molar-refractivity contribution is 7.92. The molecule has 6 atom stereocenters. The topological polar surface area (TPSA) is 142 Å².